The summed E-state index contributed by atoms with van der Waals surface area (Å²) >= 11 is 0. The first-order valence-corrected chi connectivity index (χ1v) is 6.53. The Morgan fingerprint density at radius 1 is 1.25 bits per heavy atom. The summed E-state index contributed by atoms with van der Waals surface area (Å²) in [5.74, 6) is 0.726. The van der Waals surface area contributed by atoms with Crippen molar-refractivity contribution in [2.24, 2.45) is 10.9 Å². The lowest BCUT2D eigenvalue weighted by Crippen LogP contribution is -2.08. The minimum absolute atomic E-state index is 0.726. The largest absolute Gasteiger partial charge is 0.355 e. The lowest BCUT2D eigenvalue weighted by Gasteiger charge is -2.25. The Labute approximate surface area is 99.4 Å². The molecule has 0 radical (unpaired) electrons. The average Bonchev–Trinajstić information content (AvgIpc) is 2.30. The predicted molar refractivity (Wildman–Crippen MR) is 70.4 cm³/mol. The summed E-state index contributed by atoms with van der Waals surface area (Å²) in [6, 6.07) is 0. The van der Waals surface area contributed by atoms with Gasteiger partial charge >= 0.3 is 0 Å². The fourth-order valence-corrected chi connectivity index (χ4v) is 2.58. The lowest BCUT2D eigenvalue weighted by molar-refractivity contribution is 0.445. The van der Waals surface area contributed by atoms with Crippen LogP contribution in [0.25, 0.3) is 0 Å². The van der Waals surface area contributed by atoms with Crippen LogP contribution in [0, 0.1) is 12.3 Å². The Kier molecular flexibility index (Phi) is 3.87. The maximum atomic E-state index is 4.72. The van der Waals surface area contributed by atoms with Gasteiger partial charge in [-0.25, -0.2) is 6.42 Å². The summed E-state index contributed by atoms with van der Waals surface area (Å²) in [5, 5.41) is 0. The molecular formula is C15H22N-. The van der Waals surface area contributed by atoms with Crippen molar-refractivity contribution in [2.75, 3.05) is 0 Å². The van der Waals surface area contributed by atoms with Gasteiger partial charge in [-0.1, -0.05) is 45.2 Å². The summed E-state index contributed by atoms with van der Waals surface area (Å²) in [5.41, 5.74) is 3.89. The molecule has 1 fully saturated rings. The van der Waals surface area contributed by atoms with E-state index in [0.29, 0.717) is 0 Å². The Bertz CT molecular complexity index is 327. The quantitative estimate of drug-likeness (QED) is 0.477. The molecule has 0 bridgehead atoms. The molecule has 0 aliphatic heterocycles. The van der Waals surface area contributed by atoms with Crippen molar-refractivity contribution in [1.29, 1.82) is 0 Å². The molecule has 2 aliphatic carbocycles. The van der Waals surface area contributed by atoms with E-state index in [1.54, 1.807) is 0 Å². The van der Waals surface area contributed by atoms with Crippen molar-refractivity contribution in [2.45, 2.75) is 52.4 Å². The van der Waals surface area contributed by atoms with Gasteiger partial charge in [0.25, 0.3) is 0 Å². The van der Waals surface area contributed by atoms with Crippen LogP contribution in [-0.2, 0) is 0 Å². The molecule has 0 heterocycles. The standard InChI is InChI=1S/C15H22N/c1-12-7-6-8-13(2)15(12)16-11-14-9-4-3-5-10-14/h7-8,11,14H,3-6,9-10H2,1-2H3/q-1. The molecule has 0 aromatic carbocycles. The molecule has 1 heteroatoms. The van der Waals surface area contributed by atoms with Crippen LogP contribution in [0.3, 0.4) is 0 Å². The third-order valence-corrected chi connectivity index (χ3v) is 3.66. The molecule has 0 spiro atoms. The summed E-state index contributed by atoms with van der Waals surface area (Å²) < 4.78 is 0. The van der Waals surface area contributed by atoms with E-state index in [4.69, 9.17) is 4.99 Å². The highest BCUT2D eigenvalue weighted by molar-refractivity contribution is 5.64. The second-order valence-electron chi connectivity index (χ2n) is 5.03. The SMILES string of the molecule is CC1=CC[CH-]C(C)=C1N=CC1CCCCC1. The molecule has 1 saturated carbocycles. The average molecular weight is 216 g/mol. The van der Waals surface area contributed by atoms with Crippen LogP contribution >= 0.6 is 0 Å². The van der Waals surface area contributed by atoms with Gasteiger partial charge in [-0.2, -0.15) is 5.57 Å². The first-order valence-electron chi connectivity index (χ1n) is 6.53. The topological polar surface area (TPSA) is 12.4 Å². The normalized spacial score (nSPS) is 23.5. The number of aliphatic imine (C=N–C) groups is 1. The fourth-order valence-electron chi connectivity index (χ4n) is 2.58. The molecule has 0 saturated heterocycles. The molecule has 0 N–H and O–H groups in total. The molecule has 2 aliphatic rings. The van der Waals surface area contributed by atoms with Gasteiger partial charge in [0.2, 0.25) is 0 Å². The van der Waals surface area contributed by atoms with Crippen LogP contribution in [0.4, 0.5) is 0 Å². The van der Waals surface area contributed by atoms with Gasteiger partial charge in [-0.15, -0.1) is 11.6 Å². The van der Waals surface area contributed by atoms with Crippen LogP contribution in [0.15, 0.2) is 27.9 Å². The third-order valence-electron chi connectivity index (χ3n) is 3.66. The van der Waals surface area contributed by atoms with Crippen LogP contribution < -0.4 is 0 Å². The van der Waals surface area contributed by atoms with Gasteiger partial charge in [0.1, 0.15) is 0 Å². The fraction of sp³-hybridized carbons (Fsp3) is 0.600. The highest BCUT2D eigenvalue weighted by Gasteiger charge is 2.10. The van der Waals surface area contributed by atoms with Gasteiger partial charge < -0.3 is 4.99 Å². The van der Waals surface area contributed by atoms with E-state index < -0.39 is 0 Å². The molecule has 0 aromatic rings. The molecule has 2 rings (SSSR count). The van der Waals surface area contributed by atoms with E-state index in [-0.39, 0.29) is 0 Å². The third kappa shape index (κ3) is 2.78. The predicted octanol–water partition coefficient (Wildman–Crippen LogP) is 4.47. The first-order chi connectivity index (χ1) is 7.77. The molecule has 88 valence electrons. The zero-order chi connectivity index (χ0) is 11.4. The van der Waals surface area contributed by atoms with Crippen LogP contribution in [0.1, 0.15) is 52.4 Å². The van der Waals surface area contributed by atoms with Crippen molar-refractivity contribution in [3.63, 3.8) is 0 Å². The van der Waals surface area contributed by atoms with E-state index in [0.717, 1.165) is 12.3 Å². The minimum atomic E-state index is 0.726. The summed E-state index contributed by atoms with van der Waals surface area (Å²) in [6.45, 7) is 4.34. The summed E-state index contributed by atoms with van der Waals surface area (Å²) in [4.78, 5) is 4.72. The molecular weight excluding hydrogens is 194 g/mol. The number of allylic oxidation sites excluding steroid dienone is 3. The molecule has 0 unspecified atom stereocenters. The number of rotatable bonds is 2. The number of hydrogen-bond donors (Lipinski definition) is 0. The van der Waals surface area contributed by atoms with Crippen LogP contribution in [0.2, 0.25) is 0 Å². The first kappa shape index (κ1) is 11.5. The van der Waals surface area contributed by atoms with E-state index in [1.807, 2.05) is 0 Å². The van der Waals surface area contributed by atoms with Crippen molar-refractivity contribution in [3.05, 3.63) is 29.3 Å². The maximum absolute atomic E-state index is 4.72. The smallest absolute Gasteiger partial charge is 0.00762 e. The van der Waals surface area contributed by atoms with Crippen molar-refractivity contribution >= 4 is 6.21 Å². The van der Waals surface area contributed by atoms with Gasteiger partial charge in [0, 0.05) is 0 Å². The minimum Gasteiger partial charge on any atom is -0.355 e. The zero-order valence-electron chi connectivity index (χ0n) is 10.5. The number of nitrogens with zero attached hydrogens (tertiary/aromatic N) is 1. The van der Waals surface area contributed by atoms with E-state index in [2.05, 4.69) is 32.6 Å². The monoisotopic (exact) mass is 216 g/mol. The van der Waals surface area contributed by atoms with E-state index >= 15 is 0 Å². The van der Waals surface area contributed by atoms with E-state index in [1.165, 1.54) is 48.9 Å². The Morgan fingerprint density at radius 3 is 2.69 bits per heavy atom. The zero-order valence-corrected chi connectivity index (χ0v) is 10.5. The van der Waals surface area contributed by atoms with Crippen molar-refractivity contribution < 1.29 is 0 Å². The second kappa shape index (κ2) is 5.38. The highest BCUT2D eigenvalue weighted by Crippen LogP contribution is 2.26. The van der Waals surface area contributed by atoms with E-state index in [9.17, 15) is 0 Å². The lowest BCUT2D eigenvalue weighted by atomic mass is 9.90. The van der Waals surface area contributed by atoms with Gasteiger partial charge in [-0.05, 0) is 25.0 Å². The molecule has 0 aromatic heterocycles. The second-order valence-corrected chi connectivity index (χ2v) is 5.03. The van der Waals surface area contributed by atoms with Crippen molar-refractivity contribution in [1.82, 2.24) is 0 Å². The highest BCUT2D eigenvalue weighted by atomic mass is 14.7. The molecule has 1 nitrogen and oxygen atoms in total. The maximum Gasteiger partial charge on any atom is -0.00762 e. The Hall–Kier alpha value is -0.980. The van der Waals surface area contributed by atoms with Crippen molar-refractivity contribution in [3.8, 4) is 0 Å². The van der Waals surface area contributed by atoms with Crippen LogP contribution in [0.5, 0.6) is 0 Å². The summed E-state index contributed by atoms with van der Waals surface area (Å²) in [7, 11) is 0. The Morgan fingerprint density at radius 2 is 2.00 bits per heavy atom. The molecule has 0 amide bonds. The molecule has 0 atom stereocenters. The van der Waals surface area contributed by atoms with Crippen LogP contribution in [-0.4, -0.2) is 6.21 Å². The van der Waals surface area contributed by atoms with Gasteiger partial charge in [0.05, 0.1) is 0 Å². The summed E-state index contributed by atoms with van der Waals surface area (Å²) in [6.07, 6.45) is 14.7. The molecule has 16 heavy (non-hydrogen) atoms. The van der Waals surface area contributed by atoms with Gasteiger partial charge in [-0.3, -0.25) is 0 Å². The number of hydrogen-bond acceptors (Lipinski definition) is 1. The Balaban J connectivity index is 2.02. The van der Waals surface area contributed by atoms with Gasteiger partial charge in [0.15, 0.2) is 0 Å².